The number of aromatic nitrogens is 4. The average Bonchev–Trinajstić information content (AvgIpc) is 3.12. The summed E-state index contributed by atoms with van der Waals surface area (Å²) >= 11 is 0. The summed E-state index contributed by atoms with van der Waals surface area (Å²) in [5.74, 6) is 0.642. The normalized spacial score (nSPS) is 11.9. The molecule has 0 fully saturated rings. The van der Waals surface area contributed by atoms with E-state index in [0.717, 1.165) is 11.3 Å². The predicted octanol–water partition coefficient (Wildman–Crippen LogP) is 2.62. The maximum absolute atomic E-state index is 12.3. The van der Waals surface area contributed by atoms with E-state index >= 15 is 0 Å². The fourth-order valence-electron chi connectivity index (χ4n) is 2.69. The Hall–Kier alpha value is -3.02. The second-order valence-electron chi connectivity index (χ2n) is 5.46. The van der Waals surface area contributed by atoms with Crippen molar-refractivity contribution < 1.29 is 4.79 Å². The lowest BCUT2D eigenvalue weighted by Gasteiger charge is -2.27. The molecular weight excluding hydrogens is 302 g/mol. The van der Waals surface area contributed by atoms with E-state index in [1.165, 1.54) is 0 Å². The van der Waals surface area contributed by atoms with Gasteiger partial charge in [-0.15, -0.1) is 5.10 Å². The number of hydrogen-bond acceptors (Lipinski definition) is 4. The minimum atomic E-state index is -0.353. The molecule has 0 radical (unpaired) electrons. The molecule has 6 heteroatoms. The van der Waals surface area contributed by atoms with E-state index in [4.69, 9.17) is 0 Å². The van der Waals surface area contributed by atoms with Crippen LogP contribution in [0.4, 0.5) is 0 Å². The van der Waals surface area contributed by atoms with Gasteiger partial charge in [-0.3, -0.25) is 4.79 Å². The van der Waals surface area contributed by atoms with Crippen molar-refractivity contribution in [1.29, 1.82) is 0 Å². The Kier molecular flexibility index (Phi) is 4.65. The van der Waals surface area contributed by atoms with Crippen molar-refractivity contribution in [3.63, 3.8) is 0 Å². The lowest BCUT2D eigenvalue weighted by Crippen LogP contribution is -2.33. The monoisotopic (exact) mass is 321 g/mol. The number of nitrogens with zero attached hydrogens (tertiary/aromatic N) is 5. The fourth-order valence-corrected chi connectivity index (χ4v) is 2.69. The van der Waals surface area contributed by atoms with Gasteiger partial charge in [0.05, 0.1) is 5.69 Å². The van der Waals surface area contributed by atoms with Gasteiger partial charge < -0.3 is 4.90 Å². The Bertz CT molecular complexity index is 801. The van der Waals surface area contributed by atoms with Gasteiger partial charge in [-0.2, -0.15) is 4.68 Å². The summed E-state index contributed by atoms with van der Waals surface area (Å²) < 4.78 is 1.68. The van der Waals surface area contributed by atoms with Crippen LogP contribution in [0.15, 0.2) is 60.7 Å². The summed E-state index contributed by atoms with van der Waals surface area (Å²) in [5.41, 5.74) is 1.82. The summed E-state index contributed by atoms with van der Waals surface area (Å²) in [6, 6.07) is 19.1. The molecule has 1 amide bonds. The summed E-state index contributed by atoms with van der Waals surface area (Å²) in [7, 11) is 1.79. The average molecular weight is 321 g/mol. The van der Waals surface area contributed by atoms with E-state index in [1.54, 1.807) is 16.6 Å². The molecule has 0 bridgehead atoms. The summed E-state index contributed by atoms with van der Waals surface area (Å²) in [6.07, 6.45) is 0.423. The predicted molar refractivity (Wildman–Crippen MR) is 90.5 cm³/mol. The van der Waals surface area contributed by atoms with Crippen molar-refractivity contribution in [3.8, 4) is 5.69 Å². The smallest absolute Gasteiger partial charge is 0.222 e. The lowest BCUT2D eigenvalue weighted by atomic mass is 10.0. The third-order valence-corrected chi connectivity index (χ3v) is 3.94. The van der Waals surface area contributed by atoms with Crippen LogP contribution in [0.1, 0.15) is 30.8 Å². The SMILES string of the molecule is CCC(=O)N(C)C(c1ccccc1)c1nnnn1-c1ccccc1. The summed E-state index contributed by atoms with van der Waals surface area (Å²) in [6.45, 7) is 1.85. The molecule has 1 heterocycles. The Balaban J connectivity index is 2.11. The number of para-hydroxylation sites is 1. The van der Waals surface area contributed by atoms with Crippen LogP contribution in [0.2, 0.25) is 0 Å². The third-order valence-electron chi connectivity index (χ3n) is 3.94. The van der Waals surface area contributed by atoms with E-state index < -0.39 is 0 Å². The highest BCUT2D eigenvalue weighted by atomic mass is 16.2. The highest BCUT2D eigenvalue weighted by Crippen LogP contribution is 2.27. The molecule has 1 aromatic heterocycles. The molecule has 0 aliphatic rings. The Morgan fingerprint density at radius 2 is 1.71 bits per heavy atom. The van der Waals surface area contributed by atoms with Gasteiger partial charge in [-0.1, -0.05) is 55.5 Å². The molecule has 0 saturated carbocycles. The van der Waals surface area contributed by atoms with Crippen LogP contribution in [-0.4, -0.2) is 38.1 Å². The number of carbonyl (C=O) groups is 1. The van der Waals surface area contributed by atoms with E-state index in [2.05, 4.69) is 15.5 Å². The van der Waals surface area contributed by atoms with Crippen molar-refractivity contribution in [1.82, 2.24) is 25.1 Å². The van der Waals surface area contributed by atoms with Crippen molar-refractivity contribution >= 4 is 5.91 Å². The van der Waals surface area contributed by atoms with Gasteiger partial charge in [0, 0.05) is 13.5 Å². The van der Waals surface area contributed by atoms with Gasteiger partial charge in [0.2, 0.25) is 5.91 Å². The van der Waals surface area contributed by atoms with Crippen molar-refractivity contribution in [2.24, 2.45) is 0 Å². The molecule has 6 nitrogen and oxygen atoms in total. The summed E-state index contributed by atoms with van der Waals surface area (Å²) in [5, 5.41) is 12.2. The molecule has 1 unspecified atom stereocenters. The van der Waals surface area contributed by atoms with Crippen molar-refractivity contribution in [3.05, 3.63) is 72.1 Å². The molecule has 0 aliphatic carbocycles. The zero-order valence-electron chi connectivity index (χ0n) is 13.7. The molecule has 2 aromatic carbocycles. The van der Waals surface area contributed by atoms with Crippen LogP contribution in [0.5, 0.6) is 0 Å². The van der Waals surface area contributed by atoms with E-state index in [1.807, 2.05) is 67.6 Å². The first kappa shape index (κ1) is 15.9. The van der Waals surface area contributed by atoms with Crippen LogP contribution in [0.25, 0.3) is 5.69 Å². The number of rotatable bonds is 5. The summed E-state index contributed by atoms with van der Waals surface area (Å²) in [4.78, 5) is 14.0. The van der Waals surface area contributed by atoms with Crippen LogP contribution < -0.4 is 0 Å². The van der Waals surface area contributed by atoms with Crippen molar-refractivity contribution in [2.75, 3.05) is 7.05 Å². The topological polar surface area (TPSA) is 63.9 Å². The molecule has 0 aliphatic heterocycles. The van der Waals surface area contributed by atoms with Gasteiger partial charge in [-0.05, 0) is 28.1 Å². The second-order valence-corrected chi connectivity index (χ2v) is 5.46. The first-order valence-electron chi connectivity index (χ1n) is 7.86. The van der Waals surface area contributed by atoms with Crippen LogP contribution in [-0.2, 0) is 4.79 Å². The first-order valence-corrected chi connectivity index (χ1v) is 7.86. The number of tetrazole rings is 1. The largest absolute Gasteiger partial charge is 0.331 e. The highest BCUT2D eigenvalue weighted by molar-refractivity contribution is 5.76. The number of amides is 1. The molecular formula is C18H19N5O. The fraction of sp³-hybridized carbons (Fsp3) is 0.222. The minimum Gasteiger partial charge on any atom is -0.331 e. The molecule has 0 N–H and O–H groups in total. The second kappa shape index (κ2) is 7.04. The van der Waals surface area contributed by atoms with Crippen LogP contribution in [0, 0.1) is 0 Å². The Morgan fingerprint density at radius 3 is 2.33 bits per heavy atom. The van der Waals surface area contributed by atoms with Gasteiger partial charge in [0.1, 0.15) is 6.04 Å². The Labute approximate surface area is 140 Å². The van der Waals surface area contributed by atoms with E-state index in [0.29, 0.717) is 12.2 Å². The van der Waals surface area contributed by atoms with Crippen LogP contribution >= 0.6 is 0 Å². The maximum Gasteiger partial charge on any atom is 0.222 e. The standard InChI is InChI=1S/C18H19N5O/c1-3-16(24)22(2)17(14-10-6-4-7-11-14)18-19-20-21-23(18)15-12-8-5-9-13-15/h4-13,17H,3H2,1-2H3. The lowest BCUT2D eigenvalue weighted by molar-refractivity contribution is -0.131. The quantitative estimate of drug-likeness (QED) is 0.724. The number of carbonyl (C=O) groups excluding carboxylic acids is 1. The first-order chi connectivity index (χ1) is 11.7. The van der Waals surface area contributed by atoms with Gasteiger partial charge in [0.15, 0.2) is 5.82 Å². The van der Waals surface area contributed by atoms with Crippen molar-refractivity contribution in [2.45, 2.75) is 19.4 Å². The number of hydrogen-bond donors (Lipinski definition) is 0. The zero-order chi connectivity index (χ0) is 16.9. The molecule has 122 valence electrons. The van der Waals surface area contributed by atoms with E-state index in [9.17, 15) is 4.79 Å². The van der Waals surface area contributed by atoms with Gasteiger partial charge >= 0.3 is 0 Å². The number of benzene rings is 2. The molecule has 24 heavy (non-hydrogen) atoms. The zero-order valence-corrected chi connectivity index (χ0v) is 13.7. The van der Waals surface area contributed by atoms with Gasteiger partial charge in [0.25, 0.3) is 0 Å². The third kappa shape index (κ3) is 3.03. The van der Waals surface area contributed by atoms with Gasteiger partial charge in [-0.25, -0.2) is 0 Å². The molecule has 0 saturated heterocycles. The molecule has 0 spiro atoms. The van der Waals surface area contributed by atoms with Crippen LogP contribution in [0.3, 0.4) is 0 Å². The molecule has 3 aromatic rings. The highest BCUT2D eigenvalue weighted by Gasteiger charge is 2.28. The maximum atomic E-state index is 12.3. The Morgan fingerprint density at radius 1 is 1.08 bits per heavy atom. The molecule has 1 atom stereocenters. The molecule has 3 rings (SSSR count). The minimum absolute atomic E-state index is 0.0338. The van der Waals surface area contributed by atoms with E-state index in [-0.39, 0.29) is 11.9 Å².